The van der Waals surface area contributed by atoms with Gasteiger partial charge in [-0.2, -0.15) is 0 Å². The number of ether oxygens (including phenoxy) is 1. The summed E-state index contributed by atoms with van der Waals surface area (Å²) >= 11 is 2.30. The van der Waals surface area contributed by atoms with Gasteiger partial charge in [-0.25, -0.2) is 0 Å². The molecular formula is C5H11IO2. The lowest BCUT2D eigenvalue weighted by atomic mass is 10.5. The third kappa shape index (κ3) is 6.65. The summed E-state index contributed by atoms with van der Waals surface area (Å²) in [5, 5.41) is 8.24. The van der Waals surface area contributed by atoms with Crippen LogP contribution in [0.1, 0.15) is 6.42 Å². The topological polar surface area (TPSA) is 29.5 Å². The molecule has 1 N–H and O–H groups in total. The molecule has 0 aliphatic heterocycles. The Labute approximate surface area is 63.4 Å². The van der Waals surface area contributed by atoms with Gasteiger partial charge in [0.25, 0.3) is 0 Å². The minimum atomic E-state index is 0.140. The summed E-state index contributed by atoms with van der Waals surface area (Å²) < 4.78 is 6.10. The van der Waals surface area contributed by atoms with Gasteiger partial charge < -0.3 is 9.84 Å². The molecule has 0 aromatic carbocycles. The Kier molecular flexibility index (Phi) is 8.27. The van der Waals surface area contributed by atoms with Gasteiger partial charge in [-0.15, -0.1) is 0 Å². The van der Waals surface area contributed by atoms with E-state index in [-0.39, 0.29) is 6.61 Å². The fourth-order valence-corrected chi connectivity index (χ4v) is 0.635. The van der Waals surface area contributed by atoms with Crippen molar-refractivity contribution in [3.8, 4) is 0 Å². The number of hydrogen-bond donors (Lipinski definition) is 1. The summed E-state index contributed by atoms with van der Waals surface area (Å²) in [7, 11) is 0. The van der Waals surface area contributed by atoms with Gasteiger partial charge in [0.05, 0.1) is 13.2 Å². The van der Waals surface area contributed by atoms with Crippen LogP contribution >= 0.6 is 22.6 Å². The van der Waals surface area contributed by atoms with Crippen LogP contribution < -0.4 is 0 Å². The van der Waals surface area contributed by atoms with Crippen LogP contribution in [0.25, 0.3) is 0 Å². The molecule has 0 aliphatic rings. The summed E-state index contributed by atoms with van der Waals surface area (Å²) in [5.41, 5.74) is 0. The Morgan fingerprint density at radius 1 is 1.38 bits per heavy atom. The molecule has 0 saturated heterocycles. The Hall–Kier alpha value is 0.650. The first-order valence-electron chi connectivity index (χ1n) is 2.66. The molecule has 8 heavy (non-hydrogen) atoms. The highest BCUT2D eigenvalue weighted by Gasteiger charge is 1.83. The zero-order valence-electron chi connectivity index (χ0n) is 4.77. The average Bonchev–Trinajstić information content (AvgIpc) is 1.81. The highest BCUT2D eigenvalue weighted by atomic mass is 127. The molecule has 2 nitrogen and oxygen atoms in total. The van der Waals surface area contributed by atoms with E-state index >= 15 is 0 Å². The van der Waals surface area contributed by atoms with Crippen molar-refractivity contribution in [1.29, 1.82) is 0 Å². The summed E-state index contributed by atoms with van der Waals surface area (Å²) in [6, 6.07) is 0. The lowest BCUT2D eigenvalue weighted by Crippen LogP contribution is -2.00. The number of alkyl halides is 1. The molecule has 0 saturated carbocycles. The van der Waals surface area contributed by atoms with E-state index in [4.69, 9.17) is 9.84 Å². The van der Waals surface area contributed by atoms with Crippen molar-refractivity contribution in [3.63, 3.8) is 0 Å². The number of rotatable bonds is 5. The highest BCUT2D eigenvalue weighted by molar-refractivity contribution is 14.1. The lowest BCUT2D eigenvalue weighted by Gasteiger charge is -1.96. The van der Waals surface area contributed by atoms with E-state index in [9.17, 15) is 0 Å². The third-order valence-corrected chi connectivity index (χ3v) is 1.42. The second-order valence-electron chi connectivity index (χ2n) is 1.38. The van der Waals surface area contributed by atoms with Crippen LogP contribution in [0.3, 0.4) is 0 Å². The molecule has 3 heteroatoms. The van der Waals surface area contributed by atoms with Crippen molar-refractivity contribution in [2.45, 2.75) is 6.42 Å². The molecular weight excluding hydrogens is 219 g/mol. The van der Waals surface area contributed by atoms with Gasteiger partial charge in [0.15, 0.2) is 0 Å². The van der Waals surface area contributed by atoms with E-state index < -0.39 is 0 Å². The maximum Gasteiger partial charge on any atom is 0.0697 e. The van der Waals surface area contributed by atoms with Crippen molar-refractivity contribution < 1.29 is 9.84 Å². The van der Waals surface area contributed by atoms with Crippen LogP contribution in [0.2, 0.25) is 0 Å². The number of aliphatic hydroxyl groups is 1. The van der Waals surface area contributed by atoms with Crippen LogP contribution in [-0.2, 0) is 4.74 Å². The van der Waals surface area contributed by atoms with Crippen LogP contribution in [0.15, 0.2) is 0 Å². The average molecular weight is 230 g/mol. The van der Waals surface area contributed by atoms with Crippen molar-refractivity contribution in [2.75, 3.05) is 24.2 Å². The van der Waals surface area contributed by atoms with Crippen LogP contribution in [0, 0.1) is 0 Å². The Bertz CT molecular complexity index is 35.4. The van der Waals surface area contributed by atoms with Crippen LogP contribution in [0.4, 0.5) is 0 Å². The van der Waals surface area contributed by atoms with Gasteiger partial charge >= 0.3 is 0 Å². The predicted octanol–water partition coefficient (Wildman–Crippen LogP) is 0.820. The summed E-state index contributed by atoms with van der Waals surface area (Å²) in [6.45, 7) is 1.40. The molecule has 0 aromatic heterocycles. The van der Waals surface area contributed by atoms with E-state index in [0.717, 1.165) is 17.5 Å². The second kappa shape index (κ2) is 7.65. The van der Waals surface area contributed by atoms with E-state index in [0.29, 0.717) is 6.61 Å². The Morgan fingerprint density at radius 2 is 2.12 bits per heavy atom. The fraction of sp³-hybridized carbons (Fsp3) is 1.00. The maximum atomic E-state index is 8.24. The van der Waals surface area contributed by atoms with Crippen molar-refractivity contribution in [3.05, 3.63) is 0 Å². The largest absolute Gasteiger partial charge is 0.394 e. The molecule has 0 unspecified atom stereocenters. The summed E-state index contributed by atoms with van der Waals surface area (Å²) in [6.07, 6.45) is 1.08. The van der Waals surface area contributed by atoms with Crippen molar-refractivity contribution in [1.82, 2.24) is 0 Å². The summed E-state index contributed by atoms with van der Waals surface area (Å²) in [5.74, 6) is 0. The Balaban J connectivity index is 2.53. The van der Waals surface area contributed by atoms with E-state index in [1.165, 1.54) is 0 Å². The molecule has 0 spiro atoms. The van der Waals surface area contributed by atoms with Gasteiger partial charge in [0.2, 0.25) is 0 Å². The van der Waals surface area contributed by atoms with E-state index in [1.54, 1.807) is 0 Å². The minimum Gasteiger partial charge on any atom is -0.394 e. The minimum absolute atomic E-state index is 0.140. The number of halogens is 1. The molecule has 0 bridgehead atoms. The van der Waals surface area contributed by atoms with Gasteiger partial charge in [-0.3, -0.25) is 0 Å². The first-order chi connectivity index (χ1) is 3.91. The first-order valence-corrected chi connectivity index (χ1v) is 4.19. The second-order valence-corrected chi connectivity index (χ2v) is 2.46. The first kappa shape index (κ1) is 8.65. The van der Waals surface area contributed by atoms with Gasteiger partial charge in [-0.1, -0.05) is 22.6 Å². The summed E-state index contributed by atoms with van der Waals surface area (Å²) in [4.78, 5) is 0. The van der Waals surface area contributed by atoms with Crippen molar-refractivity contribution in [2.24, 2.45) is 0 Å². The molecule has 0 radical (unpaired) electrons. The molecule has 0 fully saturated rings. The van der Waals surface area contributed by atoms with Crippen LogP contribution in [-0.4, -0.2) is 29.4 Å². The lowest BCUT2D eigenvalue weighted by molar-refractivity contribution is 0.0935. The molecule has 0 aliphatic carbocycles. The SMILES string of the molecule is OCCOCCCI. The van der Waals surface area contributed by atoms with E-state index in [1.807, 2.05) is 0 Å². The normalized spacial score (nSPS) is 9.75. The Morgan fingerprint density at radius 3 is 2.62 bits per heavy atom. The quantitative estimate of drug-likeness (QED) is 0.430. The smallest absolute Gasteiger partial charge is 0.0697 e. The molecule has 50 valence electrons. The monoisotopic (exact) mass is 230 g/mol. The predicted molar refractivity (Wildman–Crippen MR) is 41.4 cm³/mol. The molecule has 0 amide bonds. The molecule has 0 rings (SSSR count). The standard InChI is InChI=1S/C5H11IO2/c6-2-1-4-8-5-3-7/h7H,1-5H2. The molecule has 0 atom stereocenters. The van der Waals surface area contributed by atoms with Gasteiger partial charge in [-0.05, 0) is 6.42 Å². The van der Waals surface area contributed by atoms with Gasteiger partial charge in [0, 0.05) is 11.0 Å². The fourth-order valence-electron chi connectivity index (χ4n) is 0.323. The molecule has 0 heterocycles. The molecule has 0 aromatic rings. The van der Waals surface area contributed by atoms with Gasteiger partial charge in [0.1, 0.15) is 0 Å². The zero-order chi connectivity index (χ0) is 6.24. The van der Waals surface area contributed by atoms with Crippen LogP contribution in [0.5, 0.6) is 0 Å². The van der Waals surface area contributed by atoms with E-state index in [2.05, 4.69) is 22.6 Å². The number of hydrogen-bond acceptors (Lipinski definition) is 2. The van der Waals surface area contributed by atoms with Crippen molar-refractivity contribution >= 4 is 22.6 Å². The third-order valence-electron chi connectivity index (χ3n) is 0.658. The number of aliphatic hydroxyl groups excluding tert-OH is 1. The highest BCUT2D eigenvalue weighted by Crippen LogP contribution is 1.87. The maximum absolute atomic E-state index is 8.24. The zero-order valence-corrected chi connectivity index (χ0v) is 6.93.